The fraction of sp³-hybridized carbons (Fsp3) is 0.526. The SMILES string of the molecule is CC[C@H]1CN2CCc3c([nH]c4ccccc34)[C@@H]2C[C@@H]1CC=O. The summed E-state index contributed by atoms with van der Waals surface area (Å²) < 4.78 is 0. The highest BCUT2D eigenvalue weighted by Gasteiger charge is 2.39. The van der Waals surface area contributed by atoms with E-state index in [0.717, 1.165) is 38.6 Å². The van der Waals surface area contributed by atoms with Crippen LogP contribution in [0.4, 0.5) is 0 Å². The molecule has 0 saturated carbocycles. The van der Waals surface area contributed by atoms with Gasteiger partial charge in [-0.15, -0.1) is 0 Å². The summed E-state index contributed by atoms with van der Waals surface area (Å²) in [6.07, 6.45) is 5.29. The molecular weight excluding hydrogens is 272 g/mol. The molecule has 0 spiro atoms. The molecule has 1 aromatic carbocycles. The van der Waals surface area contributed by atoms with Crippen LogP contribution in [0.25, 0.3) is 10.9 Å². The summed E-state index contributed by atoms with van der Waals surface area (Å²) >= 11 is 0. The second kappa shape index (κ2) is 5.54. The maximum Gasteiger partial charge on any atom is 0.120 e. The zero-order valence-corrected chi connectivity index (χ0v) is 13.2. The lowest BCUT2D eigenvalue weighted by Gasteiger charge is -2.46. The molecule has 2 aromatic rings. The van der Waals surface area contributed by atoms with E-state index >= 15 is 0 Å². The van der Waals surface area contributed by atoms with Crippen LogP contribution in [-0.2, 0) is 11.2 Å². The van der Waals surface area contributed by atoms with Crippen LogP contribution in [0.2, 0.25) is 0 Å². The summed E-state index contributed by atoms with van der Waals surface area (Å²) in [5, 5.41) is 1.39. The topological polar surface area (TPSA) is 36.1 Å². The first kappa shape index (κ1) is 14.0. The van der Waals surface area contributed by atoms with Crippen LogP contribution in [-0.4, -0.2) is 29.3 Å². The first-order valence-corrected chi connectivity index (χ1v) is 8.59. The van der Waals surface area contributed by atoms with Gasteiger partial charge >= 0.3 is 0 Å². The minimum atomic E-state index is 0.476. The third-order valence-corrected chi connectivity index (χ3v) is 5.85. The number of nitrogens with one attached hydrogen (secondary N) is 1. The Kier molecular flexibility index (Phi) is 3.53. The number of hydrogen-bond acceptors (Lipinski definition) is 2. The van der Waals surface area contributed by atoms with Crippen molar-refractivity contribution in [1.82, 2.24) is 9.88 Å². The zero-order chi connectivity index (χ0) is 15.1. The number of para-hydroxylation sites is 1. The maximum atomic E-state index is 11.1. The second-order valence-corrected chi connectivity index (χ2v) is 6.89. The Labute approximate surface area is 131 Å². The van der Waals surface area contributed by atoms with Crippen LogP contribution in [0.3, 0.4) is 0 Å². The molecule has 22 heavy (non-hydrogen) atoms. The quantitative estimate of drug-likeness (QED) is 0.877. The molecule has 1 aromatic heterocycles. The van der Waals surface area contributed by atoms with E-state index in [1.807, 2.05) is 0 Å². The average Bonchev–Trinajstić information content (AvgIpc) is 2.93. The standard InChI is InChI=1S/C19H24N2O/c1-2-13-12-21-9-7-16-15-5-3-4-6-17(15)20-19(16)18(21)11-14(13)8-10-22/h3-6,10,13-14,18,20H,2,7-9,11-12H2,1H3/t13-,14-,18-/m0/s1. The Bertz CT molecular complexity index is 690. The van der Waals surface area contributed by atoms with Crippen molar-refractivity contribution in [3.8, 4) is 0 Å². The molecule has 2 aliphatic heterocycles. The molecule has 3 nitrogen and oxygen atoms in total. The molecule has 3 heterocycles. The fourth-order valence-electron chi connectivity index (χ4n) is 4.66. The Hall–Kier alpha value is -1.61. The van der Waals surface area contributed by atoms with E-state index in [2.05, 4.69) is 41.1 Å². The van der Waals surface area contributed by atoms with E-state index in [9.17, 15) is 4.79 Å². The van der Waals surface area contributed by atoms with Crippen molar-refractivity contribution in [2.24, 2.45) is 11.8 Å². The third-order valence-electron chi connectivity index (χ3n) is 5.85. The Morgan fingerprint density at radius 3 is 3.00 bits per heavy atom. The summed E-state index contributed by atoms with van der Waals surface area (Å²) in [5.41, 5.74) is 4.19. The number of H-pyrrole nitrogens is 1. The fourth-order valence-corrected chi connectivity index (χ4v) is 4.66. The molecule has 1 N–H and O–H groups in total. The molecule has 0 amide bonds. The summed E-state index contributed by atoms with van der Waals surface area (Å²) in [6, 6.07) is 9.13. The van der Waals surface area contributed by atoms with Crippen LogP contribution in [0.15, 0.2) is 24.3 Å². The number of aldehydes is 1. The van der Waals surface area contributed by atoms with Gasteiger partial charge in [0.2, 0.25) is 0 Å². The van der Waals surface area contributed by atoms with Gasteiger partial charge in [-0.25, -0.2) is 0 Å². The van der Waals surface area contributed by atoms with Gasteiger partial charge in [-0.05, 0) is 36.3 Å². The van der Waals surface area contributed by atoms with Gasteiger partial charge in [-0.2, -0.15) is 0 Å². The molecular formula is C19H24N2O. The van der Waals surface area contributed by atoms with Gasteiger partial charge in [0.05, 0.1) is 6.04 Å². The van der Waals surface area contributed by atoms with Gasteiger partial charge in [0, 0.05) is 36.1 Å². The van der Waals surface area contributed by atoms with Gasteiger partial charge in [0.1, 0.15) is 6.29 Å². The van der Waals surface area contributed by atoms with Crippen molar-refractivity contribution in [3.05, 3.63) is 35.5 Å². The van der Waals surface area contributed by atoms with Crippen molar-refractivity contribution < 1.29 is 4.79 Å². The molecule has 0 aliphatic carbocycles. The molecule has 0 unspecified atom stereocenters. The number of rotatable bonds is 3. The third kappa shape index (κ3) is 2.11. The molecule has 1 saturated heterocycles. The summed E-state index contributed by atoms with van der Waals surface area (Å²) in [5.74, 6) is 1.22. The molecule has 3 heteroatoms. The van der Waals surface area contributed by atoms with E-state index in [0.29, 0.717) is 17.9 Å². The lowest BCUT2D eigenvalue weighted by molar-refractivity contribution is -0.109. The van der Waals surface area contributed by atoms with Crippen molar-refractivity contribution in [2.75, 3.05) is 13.1 Å². The van der Waals surface area contributed by atoms with Gasteiger partial charge in [0.15, 0.2) is 0 Å². The smallest absolute Gasteiger partial charge is 0.120 e. The second-order valence-electron chi connectivity index (χ2n) is 6.89. The van der Waals surface area contributed by atoms with Gasteiger partial charge in [0.25, 0.3) is 0 Å². The molecule has 2 aliphatic rings. The summed E-state index contributed by atoms with van der Waals surface area (Å²) in [7, 11) is 0. The number of aromatic amines is 1. The predicted molar refractivity (Wildman–Crippen MR) is 88.9 cm³/mol. The lowest BCUT2D eigenvalue weighted by Crippen LogP contribution is -2.45. The molecule has 0 bridgehead atoms. The molecule has 0 radical (unpaired) electrons. The van der Waals surface area contributed by atoms with Gasteiger partial charge in [-0.3, -0.25) is 4.90 Å². The van der Waals surface area contributed by atoms with Crippen LogP contribution < -0.4 is 0 Å². The monoisotopic (exact) mass is 296 g/mol. The molecule has 1 fully saturated rings. The number of aromatic nitrogens is 1. The number of hydrogen-bond donors (Lipinski definition) is 1. The number of fused-ring (bicyclic) bond motifs is 5. The number of carbonyl (C=O) groups is 1. The van der Waals surface area contributed by atoms with Crippen LogP contribution in [0.1, 0.15) is 43.5 Å². The van der Waals surface area contributed by atoms with Gasteiger partial charge in [-0.1, -0.05) is 31.5 Å². The predicted octanol–water partition coefficient (Wildman–Crippen LogP) is 3.70. The maximum absolute atomic E-state index is 11.1. The largest absolute Gasteiger partial charge is 0.357 e. The number of benzene rings is 1. The van der Waals surface area contributed by atoms with Crippen LogP contribution in [0, 0.1) is 11.8 Å². The van der Waals surface area contributed by atoms with Crippen molar-refractivity contribution in [3.63, 3.8) is 0 Å². The van der Waals surface area contributed by atoms with E-state index < -0.39 is 0 Å². The zero-order valence-electron chi connectivity index (χ0n) is 13.2. The van der Waals surface area contributed by atoms with E-state index in [4.69, 9.17) is 0 Å². The minimum Gasteiger partial charge on any atom is -0.357 e. The van der Waals surface area contributed by atoms with Crippen molar-refractivity contribution in [2.45, 2.75) is 38.6 Å². The van der Waals surface area contributed by atoms with E-state index in [1.165, 1.54) is 28.6 Å². The number of nitrogens with zero attached hydrogens (tertiary/aromatic N) is 1. The van der Waals surface area contributed by atoms with E-state index in [1.54, 1.807) is 0 Å². The Morgan fingerprint density at radius 2 is 2.18 bits per heavy atom. The van der Waals surface area contributed by atoms with Crippen LogP contribution >= 0.6 is 0 Å². The first-order chi connectivity index (χ1) is 10.8. The van der Waals surface area contributed by atoms with Crippen molar-refractivity contribution >= 4 is 17.2 Å². The van der Waals surface area contributed by atoms with E-state index in [-0.39, 0.29) is 0 Å². The Balaban J connectivity index is 1.72. The minimum absolute atomic E-state index is 0.476. The number of carbonyl (C=O) groups excluding carboxylic acids is 1. The lowest BCUT2D eigenvalue weighted by atomic mass is 9.76. The highest BCUT2D eigenvalue weighted by Crippen LogP contribution is 2.44. The first-order valence-electron chi connectivity index (χ1n) is 8.59. The van der Waals surface area contributed by atoms with Crippen LogP contribution in [0.5, 0.6) is 0 Å². The Morgan fingerprint density at radius 1 is 1.32 bits per heavy atom. The highest BCUT2D eigenvalue weighted by molar-refractivity contribution is 5.85. The highest BCUT2D eigenvalue weighted by atomic mass is 16.1. The summed E-state index contributed by atoms with van der Waals surface area (Å²) in [4.78, 5) is 17.4. The van der Waals surface area contributed by atoms with Gasteiger partial charge < -0.3 is 9.78 Å². The summed E-state index contributed by atoms with van der Waals surface area (Å²) in [6.45, 7) is 4.57. The average molecular weight is 296 g/mol. The molecule has 116 valence electrons. The molecule has 4 rings (SSSR count). The van der Waals surface area contributed by atoms with Crippen molar-refractivity contribution in [1.29, 1.82) is 0 Å². The number of piperidine rings is 1. The molecule has 3 atom stereocenters. The normalized spacial score (nSPS) is 28.3.